The zero-order valence-electron chi connectivity index (χ0n) is 12.6. The zero-order valence-corrected chi connectivity index (χ0v) is 13.4. The highest BCUT2D eigenvalue weighted by molar-refractivity contribution is 6.32. The second kappa shape index (κ2) is 6.26. The van der Waals surface area contributed by atoms with Crippen LogP contribution < -0.4 is 11.1 Å². The molecule has 0 unspecified atom stereocenters. The van der Waals surface area contributed by atoms with Crippen molar-refractivity contribution in [3.05, 3.63) is 46.6 Å². The van der Waals surface area contributed by atoms with Crippen LogP contribution in [0.2, 0.25) is 0 Å². The molecule has 2 aliphatic rings. The Kier molecular flexibility index (Phi) is 4.29. The lowest BCUT2D eigenvalue weighted by Gasteiger charge is -2.49. The van der Waals surface area contributed by atoms with Gasteiger partial charge in [0, 0.05) is 5.03 Å². The first-order valence-electron chi connectivity index (χ1n) is 7.47. The summed E-state index contributed by atoms with van der Waals surface area (Å²) < 4.78 is 0. The number of nitrogens with two attached hydrogens (primary N) is 1. The number of carbonyl (C=O) groups is 3. The molecule has 3 rings (SSSR count). The van der Waals surface area contributed by atoms with Crippen molar-refractivity contribution >= 4 is 29.4 Å². The third-order valence-electron chi connectivity index (χ3n) is 4.32. The number of β-lactam (4-membered cyclic amide) rings is 1. The molecule has 1 fully saturated rings. The first-order chi connectivity index (χ1) is 11.4. The zero-order chi connectivity index (χ0) is 17.4. The van der Waals surface area contributed by atoms with Gasteiger partial charge in [-0.05, 0) is 18.4 Å². The number of nitrogens with zero attached hydrogens (tertiary/aromatic N) is 1. The van der Waals surface area contributed by atoms with Gasteiger partial charge >= 0.3 is 5.97 Å². The monoisotopic (exact) mass is 349 g/mol. The Morgan fingerprint density at radius 3 is 2.62 bits per heavy atom. The molecule has 1 aromatic carbocycles. The summed E-state index contributed by atoms with van der Waals surface area (Å²) in [5.74, 6) is -2.20. The molecule has 8 heteroatoms. The minimum absolute atomic E-state index is 0.151. The van der Waals surface area contributed by atoms with Crippen molar-refractivity contribution in [3.63, 3.8) is 0 Å². The van der Waals surface area contributed by atoms with Crippen molar-refractivity contribution in [2.24, 2.45) is 5.73 Å². The number of benzene rings is 1. The van der Waals surface area contributed by atoms with Crippen LogP contribution in [0.1, 0.15) is 24.4 Å². The molecule has 7 nitrogen and oxygen atoms in total. The highest BCUT2D eigenvalue weighted by atomic mass is 35.5. The molecule has 2 aliphatic heterocycles. The van der Waals surface area contributed by atoms with E-state index in [9.17, 15) is 19.5 Å². The highest BCUT2D eigenvalue weighted by Gasteiger charge is 2.53. The molecule has 0 radical (unpaired) electrons. The average molecular weight is 350 g/mol. The fourth-order valence-corrected chi connectivity index (χ4v) is 3.35. The van der Waals surface area contributed by atoms with Gasteiger partial charge in [-0.1, -0.05) is 41.9 Å². The van der Waals surface area contributed by atoms with Crippen LogP contribution in [-0.2, 0) is 14.4 Å². The second-order valence-electron chi connectivity index (χ2n) is 5.75. The number of hydrogen-bond donors (Lipinski definition) is 3. The maximum atomic E-state index is 12.3. The van der Waals surface area contributed by atoms with E-state index in [1.807, 2.05) is 6.07 Å². The number of amides is 2. The van der Waals surface area contributed by atoms with Gasteiger partial charge in [-0.15, -0.1) is 0 Å². The van der Waals surface area contributed by atoms with Crippen molar-refractivity contribution in [1.82, 2.24) is 10.2 Å². The smallest absolute Gasteiger partial charge is 0.353 e. The largest absolute Gasteiger partial charge is 0.477 e. The van der Waals surface area contributed by atoms with Crippen LogP contribution in [0.3, 0.4) is 0 Å². The molecule has 0 bridgehead atoms. The molecular weight excluding hydrogens is 334 g/mol. The van der Waals surface area contributed by atoms with Crippen molar-refractivity contribution in [1.29, 1.82) is 0 Å². The first kappa shape index (κ1) is 16.5. The normalized spacial score (nSPS) is 24.1. The van der Waals surface area contributed by atoms with Crippen molar-refractivity contribution < 1.29 is 19.5 Å². The fraction of sp³-hybridized carbons (Fsp3) is 0.312. The van der Waals surface area contributed by atoms with Crippen LogP contribution in [0.4, 0.5) is 0 Å². The van der Waals surface area contributed by atoms with Crippen molar-refractivity contribution in [2.75, 3.05) is 0 Å². The number of carboxylic acid groups (broad SMARTS) is 1. The predicted octanol–water partition coefficient (Wildman–Crippen LogP) is 0.711. The van der Waals surface area contributed by atoms with Crippen LogP contribution >= 0.6 is 11.6 Å². The minimum Gasteiger partial charge on any atom is -0.477 e. The van der Waals surface area contributed by atoms with E-state index >= 15 is 0 Å². The molecule has 126 valence electrons. The van der Waals surface area contributed by atoms with Gasteiger partial charge in [0.05, 0.1) is 6.04 Å². The van der Waals surface area contributed by atoms with E-state index in [0.717, 1.165) is 4.90 Å². The minimum atomic E-state index is -1.25. The molecule has 1 aromatic rings. The van der Waals surface area contributed by atoms with Gasteiger partial charge in [0.15, 0.2) is 0 Å². The maximum absolute atomic E-state index is 12.3. The Morgan fingerprint density at radius 1 is 1.33 bits per heavy atom. The molecule has 3 atom stereocenters. The van der Waals surface area contributed by atoms with Gasteiger partial charge in [-0.25, -0.2) is 4.79 Å². The summed E-state index contributed by atoms with van der Waals surface area (Å²) >= 11 is 5.92. The van der Waals surface area contributed by atoms with Gasteiger partial charge < -0.3 is 16.2 Å². The number of allylic oxidation sites excluding steroid dienone is 1. The Morgan fingerprint density at radius 2 is 2.00 bits per heavy atom. The van der Waals surface area contributed by atoms with Crippen LogP contribution in [0, 0.1) is 0 Å². The maximum Gasteiger partial charge on any atom is 0.353 e. The molecule has 0 aromatic heterocycles. The van der Waals surface area contributed by atoms with Crippen molar-refractivity contribution in [3.8, 4) is 0 Å². The molecular formula is C16H16ClN3O4. The predicted molar refractivity (Wildman–Crippen MR) is 85.7 cm³/mol. The fourth-order valence-electron chi connectivity index (χ4n) is 3.07. The molecule has 1 saturated heterocycles. The summed E-state index contributed by atoms with van der Waals surface area (Å²) in [5.41, 5.74) is 6.35. The van der Waals surface area contributed by atoms with Gasteiger partial charge in [0.25, 0.3) is 5.91 Å². The van der Waals surface area contributed by atoms with E-state index in [1.165, 1.54) is 0 Å². The van der Waals surface area contributed by atoms with Crippen LogP contribution in [0.25, 0.3) is 0 Å². The lowest BCUT2D eigenvalue weighted by atomic mass is 9.86. The van der Waals surface area contributed by atoms with E-state index < -0.39 is 35.9 Å². The summed E-state index contributed by atoms with van der Waals surface area (Å²) in [6.07, 6.45) is 0.849. The van der Waals surface area contributed by atoms with Gasteiger partial charge in [-0.2, -0.15) is 0 Å². The number of nitrogens with one attached hydrogen (secondary N) is 1. The number of rotatable bonds is 4. The first-order valence-corrected chi connectivity index (χ1v) is 7.85. The van der Waals surface area contributed by atoms with E-state index in [2.05, 4.69) is 5.32 Å². The second-order valence-corrected chi connectivity index (χ2v) is 6.20. The topological polar surface area (TPSA) is 113 Å². The van der Waals surface area contributed by atoms with Crippen LogP contribution in [0.5, 0.6) is 0 Å². The highest BCUT2D eigenvalue weighted by Crippen LogP contribution is 2.38. The standard InChI is InChI=1S/C16H16ClN3O4/c17-9-6-7-10-12(15(22)20(10)13(9)16(23)24)19-14(21)11(18)8-4-2-1-3-5-8/h1-5,10-12H,6-7,18H2,(H,19,21)(H,23,24)/t10-,11+,12+/m1/s1. The molecule has 0 spiro atoms. The molecule has 0 saturated carbocycles. The summed E-state index contributed by atoms with van der Waals surface area (Å²) in [6.45, 7) is 0. The summed E-state index contributed by atoms with van der Waals surface area (Å²) in [6, 6.07) is 6.74. The molecule has 2 heterocycles. The quantitative estimate of drug-likeness (QED) is 0.693. The lowest BCUT2D eigenvalue weighted by molar-refractivity contribution is -0.156. The average Bonchev–Trinajstić information content (AvgIpc) is 2.59. The number of carbonyl (C=O) groups excluding carboxylic acids is 2. The molecule has 0 aliphatic carbocycles. The van der Waals surface area contributed by atoms with Crippen LogP contribution in [0.15, 0.2) is 41.1 Å². The third-order valence-corrected chi connectivity index (χ3v) is 4.69. The number of halogens is 1. The molecule has 2 amide bonds. The molecule has 24 heavy (non-hydrogen) atoms. The number of carboxylic acids is 1. The van der Waals surface area contributed by atoms with Gasteiger partial charge in [0.2, 0.25) is 5.91 Å². The molecule has 4 N–H and O–H groups in total. The van der Waals surface area contributed by atoms with E-state index in [-0.39, 0.29) is 10.7 Å². The van der Waals surface area contributed by atoms with E-state index in [1.54, 1.807) is 24.3 Å². The number of hydrogen-bond acceptors (Lipinski definition) is 4. The Hall–Kier alpha value is -2.38. The Bertz CT molecular complexity index is 734. The number of aliphatic carboxylic acids is 1. The third kappa shape index (κ3) is 2.65. The van der Waals surface area contributed by atoms with E-state index in [4.69, 9.17) is 17.3 Å². The summed E-state index contributed by atoms with van der Waals surface area (Å²) in [7, 11) is 0. The lowest BCUT2D eigenvalue weighted by Crippen LogP contribution is -2.72. The Labute approximate surface area is 143 Å². The van der Waals surface area contributed by atoms with E-state index in [0.29, 0.717) is 18.4 Å². The Balaban J connectivity index is 1.71. The number of fused-ring (bicyclic) bond motifs is 1. The van der Waals surface area contributed by atoms with Crippen LogP contribution in [-0.4, -0.2) is 39.9 Å². The van der Waals surface area contributed by atoms with Gasteiger partial charge in [0.1, 0.15) is 17.8 Å². The SMILES string of the molecule is N[C@H](C(=O)N[C@@H]1C(=O)N2C(C(=O)O)=C(Cl)CC[C@H]12)c1ccccc1. The summed E-state index contributed by atoms with van der Waals surface area (Å²) in [4.78, 5) is 37.0. The van der Waals surface area contributed by atoms with Gasteiger partial charge in [-0.3, -0.25) is 14.5 Å². The van der Waals surface area contributed by atoms with Crippen molar-refractivity contribution in [2.45, 2.75) is 31.0 Å². The summed E-state index contributed by atoms with van der Waals surface area (Å²) in [5, 5.41) is 12.0.